The van der Waals surface area contributed by atoms with Crippen LogP contribution in [0.25, 0.3) is 10.9 Å². The Hall–Kier alpha value is -4.07. The summed E-state index contributed by atoms with van der Waals surface area (Å²) in [5.74, 6) is 0.424. The highest BCUT2D eigenvalue weighted by molar-refractivity contribution is 5.84. The number of anilines is 2. The molecular weight excluding hydrogens is 370 g/mol. The van der Waals surface area contributed by atoms with Crippen molar-refractivity contribution in [2.45, 2.75) is 6.92 Å². The van der Waals surface area contributed by atoms with Gasteiger partial charge in [0.2, 0.25) is 5.82 Å². The lowest BCUT2D eigenvalue weighted by molar-refractivity contribution is -0.385. The monoisotopic (exact) mass is 387 g/mol. The maximum atomic E-state index is 12.0. The predicted octanol–water partition coefficient (Wildman–Crippen LogP) is 4.88. The molecule has 4 aromatic rings. The van der Waals surface area contributed by atoms with Crippen LogP contribution in [0.5, 0.6) is 11.6 Å². The van der Waals surface area contributed by atoms with Crippen LogP contribution in [0.15, 0.2) is 73.2 Å². The fourth-order valence-corrected chi connectivity index (χ4v) is 3.11. The van der Waals surface area contributed by atoms with E-state index in [4.69, 9.17) is 4.74 Å². The third-order valence-electron chi connectivity index (χ3n) is 4.39. The lowest BCUT2D eigenvalue weighted by Crippen LogP contribution is -2.19. The number of rotatable bonds is 6. The van der Waals surface area contributed by atoms with Gasteiger partial charge < -0.3 is 9.64 Å². The summed E-state index contributed by atoms with van der Waals surface area (Å²) in [6.45, 7) is 2.38. The molecule has 0 N–H and O–H groups in total. The molecule has 0 fully saturated rings. The first-order chi connectivity index (χ1) is 14.2. The number of benzene rings is 2. The molecule has 8 heteroatoms. The van der Waals surface area contributed by atoms with Crippen molar-refractivity contribution in [1.29, 1.82) is 0 Å². The summed E-state index contributed by atoms with van der Waals surface area (Å²) in [5.41, 5.74) is 1.08. The van der Waals surface area contributed by atoms with Gasteiger partial charge in [0.25, 0.3) is 0 Å². The second kappa shape index (κ2) is 7.89. The van der Waals surface area contributed by atoms with Crippen molar-refractivity contribution in [3.05, 3.63) is 83.3 Å². The molecule has 0 bridgehead atoms. The summed E-state index contributed by atoms with van der Waals surface area (Å²) >= 11 is 0. The van der Waals surface area contributed by atoms with Crippen LogP contribution in [0.4, 0.5) is 17.2 Å². The second-order valence-corrected chi connectivity index (χ2v) is 6.12. The maximum absolute atomic E-state index is 12.0. The third kappa shape index (κ3) is 3.55. The van der Waals surface area contributed by atoms with Gasteiger partial charge in [-0.3, -0.25) is 15.1 Å². The van der Waals surface area contributed by atoms with Crippen LogP contribution in [-0.2, 0) is 0 Å². The zero-order valence-corrected chi connectivity index (χ0v) is 15.6. The topological polar surface area (TPSA) is 94.3 Å². The molecule has 2 aromatic heterocycles. The van der Waals surface area contributed by atoms with Crippen molar-refractivity contribution in [2.75, 3.05) is 11.4 Å². The average molecular weight is 387 g/mol. The molecule has 2 aromatic carbocycles. The molecule has 0 saturated heterocycles. The molecule has 0 aliphatic carbocycles. The van der Waals surface area contributed by atoms with E-state index in [1.807, 2.05) is 55.5 Å². The normalized spacial score (nSPS) is 10.7. The number of nitro groups is 1. The van der Waals surface area contributed by atoms with Crippen molar-refractivity contribution in [3.63, 3.8) is 0 Å². The van der Waals surface area contributed by atoms with Gasteiger partial charge in [0, 0.05) is 23.8 Å². The van der Waals surface area contributed by atoms with Crippen LogP contribution < -0.4 is 9.64 Å². The van der Waals surface area contributed by atoms with Gasteiger partial charge in [0.05, 0.1) is 4.92 Å². The Kier molecular flexibility index (Phi) is 4.98. The number of nitrogens with zero attached hydrogens (tertiary/aromatic N) is 5. The van der Waals surface area contributed by atoms with Gasteiger partial charge in [-0.15, -0.1) is 0 Å². The van der Waals surface area contributed by atoms with Gasteiger partial charge >= 0.3 is 11.6 Å². The molecule has 0 amide bonds. The van der Waals surface area contributed by atoms with Gasteiger partial charge in [-0.1, -0.05) is 36.4 Å². The van der Waals surface area contributed by atoms with E-state index in [1.54, 1.807) is 23.2 Å². The van der Waals surface area contributed by atoms with Gasteiger partial charge in [0.1, 0.15) is 11.8 Å². The van der Waals surface area contributed by atoms with Crippen molar-refractivity contribution in [1.82, 2.24) is 15.0 Å². The number of pyridine rings is 1. The lowest BCUT2D eigenvalue weighted by Gasteiger charge is -2.22. The average Bonchev–Trinajstić information content (AvgIpc) is 2.75. The SMILES string of the molecule is CCN(c1ccccc1)c1ncnc(Oc2cccc3cccnc23)c1[N+](=O)[O-]. The van der Waals surface area contributed by atoms with Crippen LogP contribution in [0.2, 0.25) is 0 Å². The molecule has 0 unspecified atom stereocenters. The summed E-state index contributed by atoms with van der Waals surface area (Å²) in [4.78, 5) is 25.7. The third-order valence-corrected chi connectivity index (χ3v) is 4.39. The highest BCUT2D eigenvalue weighted by Crippen LogP contribution is 2.39. The Labute approximate surface area is 166 Å². The summed E-state index contributed by atoms with van der Waals surface area (Å²) in [5, 5.41) is 12.8. The van der Waals surface area contributed by atoms with Crippen LogP contribution in [0, 0.1) is 10.1 Å². The fourth-order valence-electron chi connectivity index (χ4n) is 3.11. The van der Waals surface area contributed by atoms with E-state index < -0.39 is 4.92 Å². The van der Waals surface area contributed by atoms with Crippen molar-refractivity contribution >= 4 is 28.1 Å². The van der Waals surface area contributed by atoms with Crippen LogP contribution in [0.3, 0.4) is 0 Å². The smallest absolute Gasteiger partial charge is 0.373 e. The number of aromatic nitrogens is 3. The molecule has 0 saturated carbocycles. The van der Waals surface area contributed by atoms with Gasteiger partial charge in [-0.2, -0.15) is 4.98 Å². The van der Waals surface area contributed by atoms with E-state index >= 15 is 0 Å². The quantitative estimate of drug-likeness (QED) is 0.344. The Morgan fingerprint density at radius 3 is 2.55 bits per heavy atom. The van der Waals surface area contributed by atoms with E-state index in [2.05, 4.69) is 15.0 Å². The number of ether oxygens (including phenoxy) is 1. The van der Waals surface area contributed by atoms with E-state index in [0.29, 0.717) is 17.8 Å². The summed E-state index contributed by atoms with van der Waals surface area (Å²) in [6, 6.07) is 18.4. The van der Waals surface area contributed by atoms with E-state index in [1.165, 1.54) is 6.33 Å². The maximum Gasteiger partial charge on any atom is 0.373 e. The molecule has 0 atom stereocenters. The molecule has 8 nitrogen and oxygen atoms in total. The molecule has 2 heterocycles. The number of para-hydroxylation sites is 2. The van der Waals surface area contributed by atoms with Gasteiger partial charge in [-0.25, -0.2) is 4.98 Å². The van der Waals surface area contributed by atoms with Crippen LogP contribution >= 0.6 is 0 Å². The Morgan fingerprint density at radius 1 is 1.00 bits per heavy atom. The van der Waals surface area contributed by atoms with E-state index in [0.717, 1.165) is 11.1 Å². The Morgan fingerprint density at radius 2 is 1.79 bits per heavy atom. The van der Waals surface area contributed by atoms with Crippen molar-refractivity contribution < 1.29 is 9.66 Å². The predicted molar refractivity (Wildman–Crippen MR) is 110 cm³/mol. The van der Waals surface area contributed by atoms with Crippen LogP contribution in [0.1, 0.15) is 6.92 Å². The zero-order valence-electron chi connectivity index (χ0n) is 15.6. The number of fused-ring (bicyclic) bond motifs is 1. The zero-order chi connectivity index (χ0) is 20.2. The van der Waals surface area contributed by atoms with Gasteiger partial charge in [0.15, 0.2) is 5.75 Å². The van der Waals surface area contributed by atoms with E-state index in [9.17, 15) is 10.1 Å². The minimum atomic E-state index is -0.519. The molecule has 4 rings (SSSR count). The Bertz CT molecular complexity index is 1160. The highest BCUT2D eigenvalue weighted by atomic mass is 16.6. The molecule has 0 radical (unpaired) electrons. The standard InChI is InChI=1S/C21H17N5O3/c1-2-25(16-10-4-3-5-11-16)20-19(26(27)28)21(24-14-23-20)29-17-12-6-8-15-9-7-13-22-18(15)17/h3-14H,2H2,1H3. The van der Waals surface area contributed by atoms with Crippen LogP contribution in [-0.4, -0.2) is 26.4 Å². The largest absolute Gasteiger partial charge is 0.431 e. The molecule has 0 aliphatic heterocycles. The molecule has 29 heavy (non-hydrogen) atoms. The summed E-state index contributed by atoms with van der Waals surface area (Å²) < 4.78 is 5.87. The minimum Gasteiger partial charge on any atom is -0.431 e. The fraction of sp³-hybridized carbons (Fsp3) is 0.0952. The Balaban J connectivity index is 1.83. The molecule has 144 valence electrons. The van der Waals surface area contributed by atoms with Crippen molar-refractivity contribution in [3.8, 4) is 11.6 Å². The minimum absolute atomic E-state index is 0.132. The lowest BCUT2D eigenvalue weighted by atomic mass is 10.2. The second-order valence-electron chi connectivity index (χ2n) is 6.12. The molecule has 0 aliphatic rings. The first-order valence-corrected chi connectivity index (χ1v) is 9.02. The molecular formula is C21H17N5O3. The highest BCUT2D eigenvalue weighted by Gasteiger charge is 2.29. The first-order valence-electron chi connectivity index (χ1n) is 9.02. The summed E-state index contributed by atoms with van der Waals surface area (Å²) in [7, 11) is 0. The van der Waals surface area contributed by atoms with E-state index in [-0.39, 0.29) is 17.4 Å². The number of hydrogen-bond acceptors (Lipinski definition) is 7. The van der Waals surface area contributed by atoms with Crippen molar-refractivity contribution in [2.24, 2.45) is 0 Å². The summed E-state index contributed by atoms with van der Waals surface area (Å²) in [6.07, 6.45) is 2.91. The van der Waals surface area contributed by atoms with Gasteiger partial charge in [-0.05, 0) is 31.2 Å². The number of hydrogen-bond donors (Lipinski definition) is 0. The first kappa shape index (κ1) is 18.3. The molecule has 0 spiro atoms.